The van der Waals surface area contributed by atoms with Crippen LogP contribution in [-0.2, 0) is 4.79 Å². The predicted molar refractivity (Wildman–Crippen MR) is 116 cm³/mol. The van der Waals surface area contributed by atoms with Crippen molar-refractivity contribution in [1.82, 2.24) is 0 Å². The number of carboxylic acids is 1. The quantitative estimate of drug-likeness (QED) is 0.440. The van der Waals surface area contributed by atoms with E-state index in [9.17, 15) is 9.90 Å². The SMILES string of the molecule is CC(C)CC[N+](CCC(C)C)(CCC(C)C)CCC(C)C.CCC(=O)[O-].O. The van der Waals surface area contributed by atoms with Gasteiger partial charge >= 0.3 is 0 Å². The van der Waals surface area contributed by atoms with Crippen molar-refractivity contribution in [2.24, 2.45) is 23.7 Å². The average Bonchev–Trinajstić information content (AvgIpc) is 2.53. The van der Waals surface area contributed by atoms with Gasteiger partial charge in [-0.15, -0.1) is 0 Å². The van der Waals surface area contributed by atoms with Crippen molar-refractivity contribution in [3.05, 3.63) is 0 Å². The smallest absolute Gasteiger partial charge is 0.0789 e. The van der Waals surface area contributed by atoms with Gasteiger partial charge < -0.3 is 19.9 Å². The molecular formula is C23H51NO3. The second-order valence-electron chi connectivity index (χ2n) is 9.69. The molecule has 4 heteroatoms. The molecule has 0 heterocycles. The third kappa shape index (κ3) is 21.5. The molecular weight excluding hydrogens is 338 g/mol. The van der Waals surface area contributed by atoms with Crippen LogP contribution in [0, 0.1) is 23.7 Å². The van der Waals surface area contributed by atoms with E-state index in [1.165, 1.54) is 63.3 Å². The Morgan fingerprint density at radius 2 is 0.852 bits per heavy atom. The van der Waals surface area contributed by atoms with Crippen LogP contribution in [-0.4, -0.2) is 42.1 Å². The molecule has 4 nitrogen and oxygen atoms in total. The van der Waals surface area contributed by atoms with Crippen LogP contribution in [0.2, 0.25) is 0 Å². The van der Waals surface area contributed by atoms with Crippen molar-refractivity contribution >= 4 is 5.97 Å². The van der Waals surface area contributed by atoms with E-state index in [4.69, 9.17) is 0 Å². The number of hydrogen-bond acceptors (Lipinski definition) is 2. The molecule has 0 rings (SSSR count). The van der Waals surface area contributed by atoms with Gasteiger partial charge in [-0.25, -0.2) is 0 Å². The van der Waals surface area contributed by atoms with Gasteiger partial charge in [-0.05, 0) is 55.8 Å². The molecule has 0 aliphatic carbocycles. The summed E-state index contributed by atoms with van der Waals surface area (Å²) in [6.45, 7) is 26.1. The Hall–Kier alpha value is -0.610. The van der Waals surface area contributed by atoms with Crippen molar-refractivity contribution < 1.29 is 19.9 Å². The highest BCUT2D eigenvalue weighted by Gasteiger charge is 2.27. The van der Waals surface area contributed by atoms with Crippen molar-refractivity contribution in [2.75, 3.05) is 26.2 Å². The lowest BCUT2D eigenvalue weighted by molar-refractivity contribution is -0.930. The Morgan fingerprint density at radius 3 is 0.963 bits per heavy atom. The molecule has 0 fully saturated rings. The minimum Gasteiger partial charge on any atom is -0.550 e. The zero-order chi connectivity index (χ0) is 20.8. The molecule has 166 valence electrons. The van der Waals surface area contributed by atoms with Crippen LogP contribution in [0.4, 0.5) is 0 Å². The van der Waals surface area contributed by atoms with Gasteiger partial charge in [0.05, 0.1) is 26.2 Å². The molecule has 0 amide bonds. The lowest BCUT2D eigenvalue weighted by Crippen LogP contribution is -2.52. The van der Waals surface area contributed by atoms with Crippen LogP contribution in [0.25, 0.3) is 0 Å². The minimum absolute atomic E-state index is 0. The Labute approximate surface area is 170 Å². The van der Waals surface area contributed by atoms with E-state index in [0.717, 1.165) is 23.7 Å². The molecule has 0 aromatic carbocycles. The number of carbonyl (C=O) groups excluding carboxylic acids is 1. The van der Waals surface area contributed by atoms with Crippen LogP contribution in [0.1, 0.15) is 94.4 Å². The lowest BCUT2D eigenvalue weighted by atomic mass is 10.0. The Morgan fingerprint density at radius 1 is 0.667 bits per heavy atom. The van der Waals surface area contributed by atoms with E-state index in [-0.39, 0.29) is 11.9 Å². The van der Waals surface area contributed by atoms with Crippen LogP contribution >= 0.6 is 0 Å². The maximum absolute atomic E-state index is 9.26. The summed E-state index contributed by atoms with van der Waals surface area (Å²) in [6.07, 6.45) is 5.64. The Kier molecular flexibility index (Phi) is 20.1. The minimum atomic E-state index is -0.995. The lowest BCUT2D eigenvalue weighted by Gasteiger charge is -2.41. The number of rotatable bonds is 13. The summed E-state index contributed by atoms with van der Waals surface area (Å²) in [5.41, 5.74) is 0. The van der Waals surface area contributed by atoms with Gasteiger partial charge in [0.1, 0.15) is 0 Å². The molecule has 0 radical (unpaired) electrons. The summed E-state index contributed by atoms with van der Waals surface area (Å²) in [5.74, 6) is 2.34. The highest BCUT2D eigenvalue weighted by molar-refractivity contribution is 5.63. The van der Waals surface area contributed by atoms with Gasteiger partial charge in [-0.2, -0.15) is 0 Å². The molecule has 0 aromatic rings. The highest BCUT2D eigenvalue weighted by atomic mass is 16.4. The fraction of sp³-hybridized carbons (Fsp3) is 0.957. The van der Waals surface area contributed by atoms with Crippen molar-refractivity contribution in [3.63, 3.8) is 0 Å². The van der Waals surface area contributed by atoms with Crippen molar-refractivity contribution in [3.8, 4) is 0 Å². The Balaban J connectivity index is -0.000000844. The van der Waals surface area contributed by atoms with Crippen LogP contribution in [0.3, 0.4) is 0 Å². The van der Waals surface area contributed by atoms with Gasteiger partial charge in [0.25, 0.3) is 0 Å². The molecule has 0 saturated carbocycles. The summed E-state index contributed by atoms with van der Waals surface area (Å²) >= 11 is 0. The molecule has 0 aliphatic rings. The molecule has 27 heavy (non-hydrogen) atoms. The number of nitrogens with zero attached hydrogens (tertiary/aromatic N) is 1. The number of carboxylic acid groups (broad SMARTS) is 1. The van der Waals surface area contributed by atoms with Crippen LogP contribution in [0.15, 0.2) is 0 Å². The van der Waals surface area contributed by atoms with E-state index in [1.807, 2.05) is 0 Å². The first kappa shape index (κ1) is 31.1. The molecule has 0 aliphatic heterocycles. The van der Waals surface area contributed by atoms with Gasteiger partial charge in [-0.1, -0.05) is 62.3 Å². The van der Waals surface area contributed by atoms with Gasteiger partial charge in [0.15, 0.2) is 0 Å². The van der Waals surface area contributed by atoms with E-state index in [1.54, 1.807) is 0 Å². The fourth-order valence-electron chi connectivity index (χ4n) is 2.80. The van der Waals surface area contributed by atoms with E-state index < -0.39 is 5.97 Å². The maximum atomic E-state index is 9.26. The van der Waals surface area contributed by atoms with Crippen LogP contribution in [0.5, 0.6) is 0 Å². The van der Waals surface area contributed by atoms with E-state index in [0.29, 0.717) is 0 Å². The molecule has 0 aromatic heterocycles. The Bertz CT molecular complexity index is 285. The number of hydrogen-bond donors (Lipinski definition) is 0. The van der Waals surface area contributed by atoms with Gasteiger partial charge in [0, 0.05) is 5.97 Å². The molecule has 0 saturated heterocycles. The molecule has 0 atom stereocenters. The van der Waals surface area contributed by atoms with Crippen molar-refractivity contribution in [1.29, 1.82) is 0 Å². The number of carbonyl (C=O) groups is 1. The van der Waals surface area contributed by atoms with Gasteiger partial charge in [0.2, 0.25) is 0 Å². The first-order valence-electron chi connectivity index (χ1n) is 11.0. The number of aliphatic carboxylic acids is 1. The van der Waals surface area contributed by atoms with E-state index >= 15 is 0 Å². The first-order valence-corrected chi connectivity index (χ1v) is 11.0. The monoisotopic (exact) mass is 389 g/mol. The summed E-state index contributed by atoms with van der Waals surface area (Å²) < 4.78 is 1.38. The summed E-state index contributed by atoms with van der Waals surface area (Å²) in [7, 11) is 0. The molecule has 0 bridgehead atoms. The fourth-order valence-corrected chi connectivity index (χ4v) is 2.80. The van der Waals surface area contributed by atoms with Gasteiger partial charge in [-0.3, -0.25) is 0 Å². The summed E-state index contributed by atoms with van der Waals surface area (Å²) in [4.78, 5) is 9.26. The third-order valence-corrected chi connectivity index (χ3v) is 5.01. The normalized spacial score (nSPS) is 11.6. The summed E-state index contributed by atoms with van der Waals surface area (Å²) in [5, 5.41) is 9.26. The molecule has 2 N–H and O–H groups in total. The highest BCUT2D eigenvalue weighted by Crippen LogP contribution is 2.21. The van der Waals surface area contributed by atoms with Crippen LogP contribution < -0.4 is 5.11 Å². The van der Waals surface area contributed by atoms with Crippen molar-refractivity contribution in [2.45, 2.75) is 94.4 Å². The zero-order valence-electron chi connectivity index (χ0n) is 19.9. The topological polar surface area (TPSA) is 71.6 Å². The second-order valence-corrected chi connectivity index (χ2v) is 9.69. The zero-order valence-corrected chi connectivity index (χ0v) is 19.9. The largest absolute Gasteiger partial charge is 0.550 e. The number of quaternary nitrogens is 1. The first-order chi connectivity index (χ1) is 11.9. The van der Waals surface area contributed by atoms with E-state index in [2.05, 4.69) is 55.4 Å². The third-order valence-electron chi connectivity index (χ3n) is 5.01. The standard InChI is InChI=1S/C20H44N.C3H6O2.H2O/c1-17(2)9-13-21(14-10-18(3)4,15-11-19(5)6)16-12-20(7)8;1-2-3(4)5;/h17-20H,9-16H2,1-8H3;2H2,1H3,(H,4,5);1H2/q+1;;/p-1. The predicted octanol–water partition coefficient (Wildman–Crippen LogP) is 4.31. The average molecular weight is 390 g/mol. The summed E-state index contributed by atoms with van der Waals surface area (Å²) in [6, 6.07) is 0. The molecule has 0 unspecified atom stereocenters. The second kappa shape index (κ2) is 17.5. The molecule has 0 spiro atoms. The maximum Gasteiger partial charge on any atom is 0.0789 e.